The van der Waals surface area contributed by atoms with E-state index in [1.54, 1.807) is 4.90 Å². The zero-order valence-corrected chi connectivity index (χ0v) is 26.7. The third-order valence-corrected chi connectivity index (χ3v) is 7.45. The largest absolute Gasteiger partial charge is 0.368 e. The highest BCUT2D eigenvalue weighted by atomic mass is 16.2. The van der Waals surface area contributed by atoms with E-state index in [9.17, 15) is 19.2 Å². The van der Waals surface area contributed by atoms with E-state index in [1.165, 1.54) is 20.7 Å². The van der Waals surface area contributed by atoms with Crippen LogP contribution in [-0.2, 0) is 25.6 Å². The van der Waals surface area contributed by atoms with Crippen molar-refractivity contribution < 1.29 is 19.2 Å². The van der Waals surface area contributed by atoms with Crippen molar-refractivity contribution in [3.8, 4) is 0 Å². The molecule has 4 amide bonds. The van der Waals surface area contributed by atoms with Crippen LogP contribution < -0.4 is 11.1 Å². The maximum absolute atomic E-state index is 13.7. The number of primary amides is 1. The van der Waals surface area contributed by atoms with E-state index in [0.29, 0.717) is 19.6 Å². The van der Waals surface area contributed by atoms with Gasteiger partial charge in [-0.15, -0.1) is 0 Å². The van der Waals surface area contributed by atoms with Gasteiger partial charge >= 0.3 is 0 Å². The predicted octanol–water partition coefficient (Wildman–Crippen LogP) is 3.34. The first kappa shape index (κ1) is 34.3. The number of rotatable bonds is 17. The first-order valence-electron chi connectivity index (χ1n) is 15.4. The van der Waals surface area contributed by atoms with Gasteiger partial charge in [0.15, 0.2) is 0 Å². The Balaban J connectivity index is 1.65. The summed E-state index contributed by atoms with van der Waals surface area (Å²) in [6, 6.07) is 17.1. The molecule has 0 saturated carbocycles. The van der Waals surface area contributed by atoms with Crippen LogP contribution in [0.4, 0.5) is 0 Å². The summed E-state index contributed by atoms with van der Waals surface area (Å²) in [7, 11) is 0. The maximum Gasteiger partial charge on any atom is 0.243 e. The smallest absolute Gasteiger partial charge is 0.243 e. The molecule has 0 bridgehead atoms. The number of benzene rings is 2. The lowest BCUT2D eigenvalue weighted by molar-refractivity contribution is -0.146. The number of carbonyl (C=O) groups is 4. The second-order valence-electron chi connectivity index (χ2n) is 12.2. The van der Waals surface area contributed by atoms with Gasteiger partial charge in [0, 0.05) is 30.2 Å². The zero-order chi connectivity index (χ0) is 32.2. The Kier molecular flexibility index (Phi) is 13.0. The van der Waals surface area contributed by atoms with Crippen LogP contribution >= 0.6 is 0 Å². The number of nitrogens with two attached hydrogens (primary N) is 1. The van der Waals surface area contributed by atoms with E-state index in [2.05, 4.69) is 16.4 Å². The maximum atomic E-state index is 13.7. The summed E-state index contributed by atoms with van der Waals surface area (Å²) < 4.78 is 0. The van der Waals surface area contributed by atoms with Crippen molar-refractivity contribution in [1.29, 1.82) is 0 Å². The highest BCUT2D eigenvalue weighted by molar-refractivity contribution is 5.90. The molecule has 2 aromatic carbocycles. The monoisotopic (exact) mass is 604 g/mol. The van der Waals surface area contributed by atoms with Crippen LogP contribution in [0.3, 0.4) is 0 Å². The Labute approximate surface area is 260 Å². The molecule has 0 radical (unpaired) electrons. The molecule has 0 unspecified atom stereocenters. The molecule has 0 aliphatic rings. The van der Waals surface area contributed by atoms with Gasteiger partial charge in [-0.3, -0.25) is 19.2 Å². The number of aromatic nitrogens is 1. The normalized spacial score (nSPS) is 12.0. The third kappa shape index (κ3) is 10.2. The fourth-order valence-electron chi connectivity index (χ4n) is 5.30. The number of carbonyl (C=O) groups excluding carboxylic acids is 4. The molecule has 44 heavy (non-hydrogen) atoms. The van der Waals surface area contributed by atoms with Crippen molar-refractivity contribution in [2.45, 2.75) is 47.1 Å². The van der Waals surface area contributed by atoms with Crippen LogP contribution in [-0.4, -0.2) is 89.1 Å². The van der Waals surface area contributed by atoms with Crippen LogP contribution in [0.5, 0.6) is 0 Å². The van der Waals surface area contributed by atoms with Crippen molar-refractivity contribution in [2.75, 3.05) is 45.8 Å². The molecule has 3 aromatic rings. The third-order valence-electron chi connectivity index (χ3n) is 7.45. The summed E-state index contributed by atoms with van der Waals surface area (Å²) in [6.45, 7) is 10.6. The van der Waals surface area contributed by atoms with Crippen LogP contribution in [0.25, 0.3) is 10.9 Å². The molecule has 238 valence electrons. The van der Waals surface area contributed by atoms with Gasteiger partial charge in [-0.1, -0.05) is 76.2 Å². The molecule has 3 rings (SSSR count). The minimum atomic E-state index is -0.631. The molecular weight excluding hydrogens is 556 g/mol. The summed E-state index contributed by atoms with van der Waals surface area (Å²) in [5, 5.41) is 4.40. The summed E-state index contributed by atoms with van der Waals surface area (Å²) in [4.78, 5) is 60.2. The molecule has 1 atom stereocenters. The molecule has 0 aliphatic carbocycles. The molecule has 1 heterocycles. The SMILES string of the molecule is CC(C)CN(CC(=O)N(CC(=O)N(CC(N)=O)[C@@H](C)c1ccccc1)CC(C)C)C(=O)CNCCc1c[nH]c2ccccc12. The molecule has 10 nitrogen and oxygen atoms in total. The van der Waals surface area contributed by atoms with E-state index >= 15 is 0 Å². The van der Waals surface area contributed by atoms with Crippen molar-refractivity contribution >= 4 is 34.5 Å². The number of nitrogens with zero attached hydrogens (tertiary/aromatic N) is 3. The van der Waals surface area contributed by atoms with Crippen LogP contribution in [0, 0.1) is 11.8 Å². The summed E-state index contributed by atoms with van der Waals surface area (Å²) in [5.41, 5.74) is 8.61. The first-order chi connectivity index (χ1) is 21.0. The van der Waals surface area contributed by atoms with Crippen LogP contribution in [0.15, 0.2) is 60.8 Å². The number of amides is 4. The van der Waals surface area contributed by atoms with Gasteiger partial charge in [-0.25, -0.2) is 0 Å². The summed E-state index contributed by atoms with van der Waals surface area (Å²) in [6.07, 6.45) is 2.75. The number of hydrogen-bond donors (Lipinski definition) is 3. The number of nitrogens with one attached hydrogen (secondary N) is 2. The molecular formula is C34H48N6O4. The van der Waals surface area contributed by atoms with Gasteiger partial charge < -0.3 is 30.7 Å². The first-order valence-corrected chi connectivity index (χ1v) is 15.4. The van der Waals surface area contributed by atoms with Crippen molar-refractivity contribution in [3.63, 3.8) is 0 Å². The Morgan fingerprint density at radius 3 is 2.00 bits per heavy atom. The van der Waals surface area contributed by atoms with E-state index in [1.807, 2.05) is 89.3 Å². The highest BCUT2D eigenvalue weighted by Gasteiger charge is 2.28. The van der Waals surface area contributed by atoms with E-state index in [0.717, 1.165) is 17.5 Å². The number of fused-ring (bicyclic) bond motifs is 1. The molecule has 0 saturated heterocycles. The average molecular weight is 605 g/mol. The molecule has 0 aliphatic heterocycles. The van der Waals surface area contributed by atoms with E-state index < -0.39 is 11.9 Å². The molecule has 10 heteroatoms. The van der Waals surface area contributed by atoms with Gasteiger partial charge in [0.25, 0.3) is 0 Å². The van der Waals surface area contributed by atoms with Gasteiger partial charge in [0.05, 0.1) is 32.2 Å². The van der Waals surface area contributed by atoms with E-state index in [4.69, 9.17) is 5.73 Å². The Morgan fingerprint density at radius 2 is 1.36 bits per heavy atom. The van der Waals surface area contributed by atoms with Crippen molar-refractivity contribution in [3.05, 3.63) is 71.9 Å². The van der Waals surface area contributed by atoms with Gasteiger partial charge in [0.1, 0.15) is 0 Å². The second kappa shape index (κ2) is 16.6. The molecule has 4 N–H and O–H groups in total. The zero-order valence-electron chi connectivity index (χ0n) is 26.7. The lowest BCUT2D eigenvalue weighted by atomic mass is 10.1. The molecule has 0 fully saturated rings. The lowest BCUT2D eigenvalue weighted by Crippen LogP contribution is -2.51. The minimum absolute atomic E-state index is 0.0864. The topological polar surface area (TPSA) is 132 Å². The number of H-pyrrole nitrogens is 1. The van der Waals surface area contributed by atoms with E-state index in [-0.39, 0.29) is 55.7 Å². The number of hydrogen-bond acceptors (Lipinski definition) is 5. The fraction of sp³-hybridized carbons (Fsp3) is 0.471. The Hall–Kier alpha value is -4.18. The van der Waals surface area contributed by atoms with Crippen molar-refractivity contribution in [1.82, 2.24) is 25.0 Å². The second-order valence-corrected chi connectivity index (χ2v) is 12.2. The molecule has 0 spiro atoms. The minimum Gasteiger partial charge on any atom is -0.368 e. The standard InChI is InChI=1S/C34H48N6O4/c1-24(2)19-38(32(42)18-36-16-15-28-17-37-30-14-10-9-13-29(28)30)22-33(43)39(20-25(3)4)23-34(44)40(21-31(35)41)26(5)27-11-7-6-8-12-27/h6-14,17,24-26,36-37H,15-16,18-23H2,1-5H3,(H2,35,41)/t26-/m0/s1. The fourth-order valence-corrected chi connectivity index (χ4v) is 5.30. The van der Waals surface area contributed by atoms with Gasteiger partial charge in [-0.05, 0) is 48.9 Å². The predicted molar refractivity (Wildman–Crippen MR) is 173 cm³/mol. The van der Waals surface area contributed by atoms with Gasteiger partial charge in [0.2, 0.25) is 23.6 Å². The number of aromatic amines is 1. The lowest BCUT2D eigenvalue weighted by Gasteiger charge is -2.33. The van der Waals surface area contributed by atoms with Crippen LogP contribution in [0.2, 0.25) is 0 Å². The number of para-hydroxylation sites is 1. The van der Waals surface area contributed by atoms with Crippen LogP contribution in [0.1, 0.15) is 51.8 Å². The average Bonchev–Trinajstić information content (AvgIpc) is 3.39. The molecule has 1 aromatic heterocycles. The summed E-state index contributed by atoms with van der Waals surface area (Å²) in [5.74, 6) is -1.26. The van der Waals surface area contributed by atoms with Crippen molar-refractivity contribution in [2.24, 2.45) is 17.6 Å². The quantitative estimate of drug-likeness (QED) is 0.203. The Bertz CT molecular complexity index is 1390. The summed E-state index contributed by atoms with van der Waals surface area (Å²) >= 11 is 0. The Morgan fingerprint density at radius 1 is 0.773 bits per heavy atom. The van der Waals surface area contributed by atoms with Gasteiger partial charge in [-0.2, -0.15) is 0 Å². The highest BCUT2D eigenvalue weighted by Crippen LogP contribution is 2.21.